The fourth-order valence-electron chi connectivity index (χ4n) is 1.74. The zero-order chi connectivity index (χ0) is 16.2. The van der Waals surface area contributed by atoms with Gasteiger partial charge in [-0.1, -0.05) is 24.3 Å². The van der Waals surface area contributed by atoms with Crippen molar-refractivity contribution in [2.75, 3.05) is 5.32 Å². The number of benzene rings is 1. The Morgan fingerprint density at radius 1 is 1.23 bits per heavy atom. The van der Waals surface area contributed by atoms with Gasteiger partial charge in [0.15, 0.2) is 0 Å². The lowest BCUT2D eigenvalue weighted by Crippen LogP contribution is -2.30. The van der Waals surface area contributed by atoms with Crippen molar-refractivity contribution in [1.82, 2.24) is 5.32 Å². The van der Waals surface area contributed by atoms with Crippen LogP contribution in [0.2, 0.25) is 0 Å². The van der Waals surface area contributed by atoms with Crippen LogP contribution in [-0.2, 0) is 16.1 Å². The van der Waals surface area contributed by atoms with Gasteiger partial charge in [-0.15, -0.1) is 0 Å². The number of carbonyl (C=O) groups excluding carboxylic acids is 2. The lowest BCUT2D eigenvalue weighted by atomic mass is 10.1. The Kier molecular flexibility index (Phi) is 4.85. The Hall–Kier alpha value is -2.31. The molecule has 4 nitrogen and oxygen atoms in total. The second-order valence-corrected chi connectivity index (χ2v) is 5.02. The van der Waals surface area contributed by atoms with Crippen molar-refractivity contribution in [1.29, 1.82) is 0 Å². The van der Waals surface area contributed by atoms with Crippen LogP contribution in [0.25, 0.3) is 0 Å². The van der Waals surface area contributed by atoms with Crippen LogP contribution >= 0.6 is 0 Å². The van der Waals surface area contributed by atoms with Gasteiger partial charge < -0.3 is 10.6 Å². The lowest BCUT2D eigenvalue weighted by molar-refractivity contribution is -0.167. The maximum Gasteiger partial charge on any atom is 0.471 e. The van der Waals surface area contributed by atoms with Crippen LogP contribution in [-0.4, -0.2) is 18.0 Å². The zero-order valence-electron chi connectivity index (χ0n) is 11.6. The van der Waals surface area contributed by atoms with Crippen molar-refractivity contribution >= 4 is 17.5 Å². The highest BCUT2D eigenvalue weighted by molar-refractivity contribution is 5.95. The SMILES string of the molecule is O=C(/C=C/C1CC1)NCc1ccccc1NC(=O)C(F)(F)F. The number of carbonyl (C=O) groups is 2. The molecule has 0 saturated heterocycles. The van der Waals surface area contributed by atoms with Crippen LogP contribution in [0, 0.1) is 5.92 Å². The molecule has 0 atom stereocenters. The normalized spacial score (nSPS) is 14.9. The molecule has 0 radical (unpaired) electrons. The molecule has 2 rings (SSSR count). The molecule has 2 amide bonds. The van der Waals surface area contributed by atoms with E-state index in [0.717, 1.165) is 12.8 Å². The minimum absolute atomic E-state index is 0.0243. The summed E-state index contributed by atoms with van der Waals surface area (Å²) >= 11 is 0. The monoisotopic (exact) mass is 312 g/mol. The van der Waals surface area contributed by atoms with E-state index >= 15 is 0 Å². The Labute approximate surface area is 125 Å². The average molecular weight is 312 g/mol. The topological polar surface area (TPSA) is 58.2 Å². The minimum atomic E-state index is -4.95. The number of anilines is 1. The van der Waals surface area contributed by atoms with Gasteiger partial charge in [0.2, 0.25) is 5.91 Å². The van der Waals surface area contributed by atoms with E-state index in [-0.39, 0.29) is 18.1 Å². The smallest absolute Gasteiger partial charge is 0.348 e. The molecule has 0 heterocycles. The largest absolute Gasteiger partial charge is 0.471 e. The molecule has 1 aliphatic carbocycles. The van der Waals surface area contributed by atoms with E-state index in [4.69, 9.17) is 0 Å². The average Bonchev–Trinajstić information content (AvgIpc) is 3.27. The second-order valence-electron chi connectivity index (χ2n) is 5.02. The van der Waals surface area contributed by atoms with Crippen molar-refractivity contribution in [3.05, 3.63) is 42.0 Å². The number of halogens is 3. The first-order valence-electron chi connectivity index (χ1n) is 6.78. The zero-order valence-corrected chi connectivity index (χ0v) is 11.6. The van der Waals surface area contributed by atoms with Gasteiger partial charge in [-0.3, -0.25) is 9.59 Å². The number of nitrogens with one attached hydrogen (secondary N) is 2. The first-order chi connectivity index (χ1) is 10.4. The van der Waals surface area contributed by atoms with Gasteiger partial charge in [0.1, 0.15) is 0 Å². The predicted octanol–water partition coefficient (Wildman–Crippen LogP) is 2.77. The molecule has 1 saturated carbocycles. The molecule has 1 aromatic carbocycles. The summed E-state index contributed by atoms with van der Waals surface area (Å²) in [7, 11) is 0. The van der Waals surface area contributed by atoms with E-state index < -0.39 is 12.1 Å². The van der Waals surface area contributed by atoms with Crippen LogP contribution in [0.1, 0.15) is 18.4 Å². The molecule has 22 heavy (non-hydrogen) atoms. The van der Waals surface area contributed by atoms with Gasteiger partial charge in [-0.2, -0.15) is 13.2 Å². The van der Waals surface area contributed by atoms with Crippen molar-refractivity contribution in [2.24, 2.45) is 5.92 Å². The summed E-state index contributed by atoms with van der Waals surface area (Å²) in [5.41, 5.74) is 0.421. The summed E-state index contributed by atoms with van der Waals surface area (Å²) in [5.74, 6) is -1.90. The van der Waals surface area contributed by atoms with Crippen molar-refractivity contribution in [3.8, 4) is 0 Å². The molecule has 118 valence electrons. The Balaban J connectivity index is 1.95. The second kappa shape index (κ2) is 6.64. The highest BCUT2D eigenvalue weighted by Crippen LogP contribution is 2.29. The summed E-state index contributed by atoms with van der Waals surface area (Å²) in [6.45, 7) is 0.0299. The van der Waals surface area contributed by atoms with E-state index in [2.05, 4.69) is 5.32 Å². The molecular weight excluding hydrogens is 297 g/mol. The third kappa shape index (κ3) is 4.91. The molecule has 0 aliphatic heterocycles. The number of allylic oxidation sites excluding steroid dienone is 1. The molecule has 2 N–H and O–H groups in total. The summed E-state index contributed by atoms with van der Waals surface area (Å²) in [5, 5.41) is 4.38. The molecule has 0 spiro atoms. The summed E-state index contributed by atoms with van der Waals surface area (Å²) < 4.78 is 36.8. The maximum absolute atomic E-state index is 12.3. The fraction of sp³-hybridized carbons (Fsp3) is 0.333. The first-order valence-corrected chi connectivity index (χ1v) is 6.78. The fourth-order valence-corrected chi connectivity index (χ4v) is 1.74. The molecule has 7 heteroatoms. The van der Waals surface area contributed by atoms with E-state index in [1.54, 1.807) is 11.4 Å². The Bertz CT molecular complexity index is 593. The molecule has 0 bridgehead atoms. The van der Waals surface area contributed by atoms with E-state index in [0.29, 0.717) is 11.5 Å². The summed E-state index contributed by atoms with van der Waals surface area (Å²) in [6, 6.07) is 6.01. The number of para-hydroxylation sites is 1. The lowest BCUT2D eigenvalue weighted by Gasteiger charge is -2.12. The molecule has 0 unspecified atom stereocenters. The van der Waals surface area contributed by atoms with Gasteiger partial charge >= 0.3 is 12.1 Å². The van der Waals surface area contributed by atoms with Gasteiger partial charge in [-0.05, 0) is 36.5 Å². The van der Waals surface area contributed by atoms with Crippen LogP contribution in [0.3, 0.4) is 0 Å². The standard InChI is InChI=1S/C15H15F3N2O2/c16-15(17,18)14(22)20-12-4-2-1-3-11(12)9-19-13(21)8-7-10-5-6-10/h1-4,7-8,10H,5-6,9H2,(H,19,21)(H,20,22)/b8-7+. The van der Waals surface area contributed by atoms with Crippen LogP contribution in [0.5, 0.6) is 0 Å². The first kappa shape index (κ1) is 16.1. The van der Waals surface area contributed by atoms with E-state index in [9.17, 15) is 22.8 Å². The van der Waals surface area contributed by atoms with E-state index in [1.807, 2.05) is 6.08 Å². The highest BCUT2D eigenvalue weighted by atomic mass is 19.4. The molecule has 0 aromatic heterocycles. The van der Waals surface area contributed by atoms with Crippen LogP contribution in [0.4, 0.5) is 18.9 Å². The summed E-state index contributed by atoms with van der Waals surface area (Å²) in [6.07, 6.45) is 0.441. The Morgan fingerprint density at radius 3 is 2.55 bits per heavy atom. The molecule has 1 aliphatic rings. The van der Waals surface area contributed by atoms with Crippen LogP contribution < -0.4 is 10.6 Å². The number of amides is 2. The third-order valence-corrected chi connectivity index (χ3v) is 3.12. The van der Waals surface area contributed by atoms with Crippen LogP contribution in [0.15, 0.2) is 36.4 Å². The van der Waals surface area contributed by atoms with Crippen molar-refractivity contribution in [3.63, 3.8) is 0 Å². The van der Waals surface area contributed by atoms with E-state index in [1.165, 1.54) is 24.3 Å². The van der Waals surface area contributed by atoms with Crippen molar-refractivity contribution < 1.29 is 22.8 Å². The van der Waals surface area contributed by atoms with Gasteiger partial charge in [0.05, 0.1) is 0 Å². The summed E-state index contributed by atoms with van der Waals surface area (Å²) in [4.78, 5) is 22.6. The Morgan fingerprint density at radius 2 is 1.91 bits per heavy atom. The van der Waals surface area contributed by atoms with Gasteiger partial charge in [0, 0.05) is 12.2 Å². The van der Waals surface area contributed by atoms with Crippen molar-refractivity contribution in [2.45, 2.75) is 25.6 Å². The molecule has 1 aromatic rings. The van der Waals surface area contributed by atoms with Gasteiger partial charge in [0.25, 0.3) is 0 Å². The quantitative estimate of drug-likeness (QED) is 0.821. The number of alkyl halides is 3. The molecule has 1 fully saturated rings. The molecular formula is C15H15F3N2O2. The highest BCUT2D eigenvalue weighted by Gasteiger charge is 2.38. The minimum Gasteiger partial charge on any atom is -0.348 e. The number of hydrogen-bond donors (Lipinski definition) is 2. The number of rotatable bonds is 5. The van der Waals surface area contributed by atoms with Gasteiger partial charge in [-0.25, -0.2) is 0 Å². The number of hydrogen-bond acceptors (Lipinski definition) is 2. The predicted molar refractivity (Wildman–Crippen MR) is 74.8 cm³/mol. The third-order valence-electron chi connectivity index (χ3n) is 3.12. The maximum atomic E-state index is 12.3.